The Kier molecular flexibility index (Phi) is 6.36. The molecule has 21 heavy (non-hydrogen) atoms. The Balaban J connectivity index is 2.37. The lowest BCUT2D eigenvalue weighted by molar-refractivity contribution is -0.118. The fourth-order valence-corrected chi connectivity index (χ4v) is 2.90. The van der Waals surface area contributed by atoms with Crippen LogP contribution in [-0.2, 0) is 28.6 Å². The molecule has 7 nitrogen and oxygen atoms in total. The molecule has 0 aromatic carbocycles. The first-order valence-corrected chi connectivity index (χ1v) is 8.56. The third kappa shape index (κ3) is 6.58. The lowest BCUT2D eigenvalue weighted by Gasteiger charge is -2.27. The summed E-state index contributed by atoms with van der Waals surface area (Å²) in [5.74, 6) is -0.340. The summed E-state index contributed by atoms with van der Waals surface area (Å²) >= 11 is 4.78. The van der Waals surface area contributed by atoms with Crippen LogP contribution < -0.4 is 5.32 Å². The average molecular weight is 339 g/mol. The molecular formula is C12H21NO6S2. The zero-order chi connectivity index (χ0) is 16.1. The molecule has 1 fully saturated rings. The van der Waals surface area contributed by atoms with Crippen molar-refractivity contribution in [3.8, 4) is 0 Å². The fourth-order valence-electron chi connectivity index (χ4n) is 1.62. The zero-order valence-electron chi connectivity index (χ0n) is 12.4. The van der Waals surface area contributed by atoms with Crippen LogP contribution in [0.2, 0.25) is 0 Å². The van der Waals surface area contributed by atoms with E-state index in [0.717, 1.165) is 0 Å². The lowest BCUT2D eigenvalue weighted by atomic mass is 9.88. The first-order chi connectivity index (χ1) is 9.62. The number of amides is 1. The summed E-state index contributed by atoms with van der Waals surface area (Å²) in [4.78, 5) is 10.7. The minimum atomic E-state index is -3.64. The predicted molar refractivity (Wildman–Crippen MR) is 80.2 cm³/mol. The normalized spacial score (nSPS) is 19.0. The van der Waals surface area contributed by atoms with Gasteiger partial charge in [-0.15, -0.1) is 0 Å². The molecule has 1 N–H and O–H groups in total. The van der Waals surface area contributed by atoms with Gasteiger partial charge in [-0.2, -0.15) is 8.42 Å². The molecule has 1 atom stereocenters. The quantitative estimate of drug-likeness (QED) is 0.393. The molecule has 1 amide bonds. The van der Waals surface area contributed by atoms with E-state index in [1.165, 1.54) is 6.92 Å². The molecule has 1 rings (SSSR count). The van der Waals surface area contributed by atoms with Crippen molar-refractivity contribution < 1.29 is 26.9 Å². The fraction of sp³-hybridized carbons (Fsp3) is 0.833. The summed E-state index contributed by atoms with van der Waals surface area (Å²) in [6.45, 7) is 5.59. The van der Waals surface area contributed by atoms with Crippen molar-refractivity contribution in [2.45, 2.75) is 33.3 Å². The molecule has 0 spiro atoms. The summed E-state index contributed by atoms with van der Waals surface area (Å²) in [7, 11) is -3.64. The van der Waals surface area contributed by atoms with Gasteiger partial charge < -0.3 is 14.8 Å². The van der Waals surface area contributed by atoms with Crippen LogP contribution in [0.15, 0.2) is 0 Å². The Morgan fingerprint density at radius 3 is 2.71 bits per heavy atom. The second-order valence-corrected chi connectivity index (χ2v) is 7.61. The van der Waals surface area contributed by atoms with E-state index < -0.39 is 15.5 Å². The van der Waals surface area contributed by atoms with Gasteiger partial charge >= 0.3 is 5.24 Å². The highest BCUT2D eigenvalue weighted by Gasteiger charge is 2.38. The highest BCUT2D eigenvalue weighted by atomic mass is 32.2. The zero-order valence-corrected chi connectivity index (χ0v) is 14.0. The molecule has 0 unspecified atom stereocenters. The van der Waals surface area contributed by atoms with E-state index in [0.29, 0.717) is 13.0 Å². The van der Waals surface area contributed by atoms with Crippen molar-refractivity contribution in [2.24, 2.45) is 5.41 Å². The van der Waals surface area contributed by atoms with E-state index in [1.54, 1.807) is 0 Å². The van der Waals surface area contributed by atoms with Gasteiger partial charge in [0.2, 0.25) is 5.91 Å². The van der Waals surface area contributed by atoms with Crippen molar-refractivity contribution in [3.63, 3.8) is 0 Å². The highest BCUT2D eigenvalue weighted by molar-refractivity contribution is 7.86. The number of ether oxygens (including phenoxy) is 2. The maximum atomic E-state index is 11.8. The Labute approximate surface area is 130 Å². The third-order valence-electron chi connectivity index (χ3n) is 3.02. The molecule has 0 radical (unpaired) electrons. The Morgan fingerprint density at radius 1 is 1.52 bits per heavy atom. The summed E-state index contributed by atoms with van der Waals surface area (Å²) in [6.07, 6.45) is -0.0327. The largest absolute Gasteiger partial charge is 0.453 e. The SMILES string of the molecule is CC(=O)NCCCS(=O)(=O)OCC(C)(C)[C@@H]1COC(=S)O1. The smallest absolute Gasteiger partial charge is 0.352 e. The molecule has 0 aliphatic carbocycles. The number of hydrogen-bond acceptors (Lipinski definition) is 7. The topological polar surface area (TPSA) is 90.9 Å². The van der Waals surface area contributed by atoms with E-state index in [1.807, 2.05) is 13.8 Å². The number of carbonyl (C=O) groups is 1. The monoisotopic (exact) mass is 339 g/mol. The van der Waals surface area contributed by atoms with Crippen LogP contribution in [0.1, 0.15) is 27.2 Å². The van der Waals surface area contributed by atoms with E-state index in [4.69, 9.17) is 25.9 Å². The lowest BCUT2D eigenvalue weighted by Crippen LogP contribution is -2.37. The van der Waals surface area contributed by atoms with Gasteiger partial charge in [0.1, 0.15) is 12.7 Å². The van der Waals surface area contributed by atoms with Gasteiger partial charge in [-0.25, -0.2) is 0 Å². The molecule has 1 heterocycles. The van der Waals surface area contributed by atoms with Gasteiger partial charge in [-0.1, -0.05) is 13.8 Å². The van der Waals surface area contributed by atoms with Crippen LogP contribution in [0.25, 0.3) is 0 Å². The van der Waals surface area contributed by atoms with Gasteiger partial charge in [-0.05, 0) is 6.42 Å². The first-order valence-electron chi connectivity index (χ1n) is 6.57. The standard InChI is InChI=1S/C12H21NO6S2/c1-9(14)13-5-4-6-21(15,16)18-8-12(2,3)10-7-17-11(20)19-10/h10H,4-8H2,1-3H3,(H,13,14)/t10-/m0/s1. The van der Waals surface area contributed by atoms with E-state index >= 15 is 0 Å². The van der Waals surface area contributed by atoms with Crippen molar-refractivity contribution in [2.75, 3.05) is 25.5 Å². The molecule has 9 heteroatoms. The number of carbonyl (C=O) groups excluding carboxylic acids is 1. The molecule has 122 valence electrons. The highest BCUT2D eigenvalue weighted by Crippen LogP contribution is 2.28. The molecule has 0 aromatic heterocycles. The minimum Gasteiger partial charge on any atom is -0.453 e. The number of nitrogens with one attached hydrogen (secondary N) is 1. The van der Waals surface area contributed by atoms with Gasteiger partial charge in [0.15, 0.2) is 0 Å². The first kappa shape index (κ1) is 18.1. The molecule has 0 saturated carbocycles. The van der Waals surface area contributed by atoms with E-state index in [9.17, 15) is 13.2 Å². The summed E-state index contributed by atoms with van der Waals surface area (Å²) < 4.78 is 38.9. The predicted octanol–water partition coefficient (Wildman–Crippen LogP) is 0.586. The van der Waals surface area contributed by atoms with Gasteiger partial charge in [0.25, 0.3) is 10.1 Å². The average Bonchev–Trinajstić information content (AvgIpc) is 2.80. The molecule has 0 aromatic rings. The summed E-state index contributed by atoms with van der Waals surface area (Å²) in [5, 5.41) is 2.61. The van der Waals surface area contributed by atoms with Crippen LogP contribution in [0.3, 0.4) is 0 Å². The minimum absolute atomic E-state index is 0.0217. The van der Waals surface area contributed by atoms with Crippen molar-refractivity contribution in [3.05, 3.63) is 0 Å². The van der Waals surface area contributed by atoms with Crippen molar-refractivity contribution >= 4 is 33.5 Å². The van der Waals surface area contributed by atoms with E-state index in [2.05, 4.69) is 5.32 Å². The Morgan fingerprint density at radius 2 is 2.19 bits per heavy atom. The summed E-state index contributed by atoms with van der Waals surface area (Å²) in [6, 6.07) is 0. The van der Waals surface area contributed by atoms with Gasteiger partial charge in [-0.3, -0.25) is 8.98 Å². The van der Waals surface area contributed by atoms with Crippen LogP contribution in [0, 0.1) is 5.41 Å². The number of rotatable bonds is 8. The van der Waals surface area contributed by atoms with Crippen molar-refractivity contribution in [1.82, 2.24) is 5.32 Å². The molecule has 1 aliphatic rings. The second kappa shape index (κ2) is 7.37. The van der Waals surface area contributed by atoms with E-state index in [-0.39, 0.29) is 36.2 Å². The molecular weight excluding hydrogens is 318 g/mol. The second-order valence-electron chi connectivity index (χ2n) is 5.52. The van der Waals surface area contributed by atoms with Crippen LogP contribution in [0.5, 0.6) is 0 Å². The molecule has 1 saturated heterocycles. The van der Waals surface area contributed by atoms with Gasteiger partial charge in [0, 0.05) is 31.1 Å². The third-order valence-corrected chi connectivity index (χ3v) is 4.50. The maximum Gasteiger partial charge on any atom is 0.352 e. The van der Waals surface area contributed by atoms with Crippen molar-refractivity contribution in [1.29, 1.82) is 0 Å². The Hall–Kier alpha value is -0.930. The van der Waals surface area contributed by atoms with Crippen LogP contribution >= 0.6 is 12.2 Å². The number of thiocarbonyl (C=S) groups is 1. The Bertz CT molecular complexity index is 488. The number of hydrogen-bond donors (Lipinski definition) is 1. The maximum absolute atomic E-state index is 11.8. The van der Waals surface area contributed by atoms with Crippen LogP contribution in [0.4, 0.5) is 0 Å². The van der Waals surface area contributed by atoms with Gasteiger partial charge in [0.05, 0.1) is 12.4 Å². The van der Waals surface area contributed by atoms with Crippen LogP contribution in [-0.4, -0.2) is 51.2 Å². The summed E-state index contributed by atoms with van der Waals surface area (Å²) in [5.41, 5.74) is -0.550. The molecule has 0 bridgehead atoms. The molecule has 1 aliphatic heterocycles.